The van der Waals surface area contributed by atoms with E-state index < -0.39 is 0 Å². The van der Waals surface area contributed by atoms with Crippen molar-refractivity contribution in [2.45, 2.75) is 0 Å². The van der Waals surface area contributed by atoms with Crippen molar-refractivity contribution in [2.24, 2.45) is 0 Å². The van der Waals surface area contributed by atoms with Crippen LogP contribution in [0.15, 0.2) is 48.9 Å². The van der Waals surface area contributed by atoms with Crippen LogP contribution in [0.4, 0.5) is 0 Å². The summed E-state index contributed by atoms with van der Waals surface area (Å²) in [5, 5.41) is 9.07. The van der Waals surface area contributed by atoms with Crippen LogP contribution in [-0.2, 0) is 0 Å². The molecule has 0 aromatic carbocycles. The lowest BCUT2D eigenvalue weighted by Crippen LogP contribution is -1.84. The standard InChI is InChI=1S/C13H9N3/c14-9-12(11-4-3-6-15-10-11)8-13-5-1-2-7-16-13/h1-8,10H. The van der Waals surface area contributed by atoms with Gasteiger partial charge in [-0.1, -0.05) is 12.1 Å². The number of allylic oxidation sites excluding steroid dienone is 1. The fourth-order valence-electron chi connectivity index (χ4n) is 1.31. The first-order valence-corrected chi connectivity index (χ1v) is 4.83. The summed E-state index contributed by atoms with van der Waals surface area (Å²) in [4.78, 5) is 8.13. The van der Waals surface area contributed by atoms with Gasteiger partial charge in [-0.05, 0) is 24.3 Å². The van der Waals surface area contributed by atoms with E-state index >= 15 is 0 Å². The van der Waals surface area contributed by atoms with Crippen molar-refractivity contribution in [3.63, 3.8) is 0 Å². The molecule has 0 fully saturated rings. The topological polar surface area (TPSA) is 49.6 Å². The zero-order chi connectivity index (χ0) is 11.2. The number of nitriles is 1. The van der Waals surface area contributed by atoms with Gasteiger partial charge in [0, 0.05) is 24.2 Å². The molecule has 0 aliphatic carbocycles. The van der Waals surface area contributed by atoms with Crippen LogP contribution in [0.2, 0.25) is 0 Å². The van der Waals surface area contributed by atoms with E-state index in [-0.39, 0.29) is 0 Å². The van der Waals surface area contributed by atoms with Crippen molar-refractivity contribution in [2.75, 3.05) is 0 Å². The molecule has 2 rings (SSSR count). The highest BCUT2D eigenvalue weighted by atomic mass is 14.7. The lowest BCUT2D eigenvalue weighted by molar-refractivity contribution is 1.29. The summed E-state index contributed by atoms with van der Waals surface area (Å²) >= 11 is 0. The summed E-state index contributed by atoms with van der Waals surface area (Å²) in [6.07, 6.45) is 6.79. The third-order valence-corrected chi connectivity index (χ3v) is 2.07. The molecule has 2 aromatic rings. The predicted octanol–water partition coefficient (Wildman–Crippen LogP) is 2.54. The second-order valence-corrected chi connectivity index (χ2v) is 3.17. The first-order valence-electron chi connectivity index (χ1n) is 4.83. The van der Waals surface area contributed by atoms with E-state index in [0.717, 1.165) is 11.3 Å². The van der Waals surface area contributed by atoms with Gasteiger partial charge in [-0.25, -0.2) is 0 Å². The smallest absolute Gasteiger partial charge is 0.0999 e. The number of pyridine rings is 2. The van der Waals surface area contributed by atoms with E-state index in [1.54, 1.807) is 30.7 Å². The van der Waals surface area contributed by atoms with Crippen molar-refractivity contribution in [3.05, 3.63) is 60.2 Å². The van der Waals surface area contributed by atoms with Crippen LogP contribution < -0.4 is 0 Å². The van der Waals surface area contributed by atoms with Gasteiger partial charge in [0.25, 0.3) is 0 Å². The Morgan fingerprint density at radius 2 is 2.12 bits per heavy atom. The Labute approximate surface area is 93.7 Å². The number of hydrogen-bond acceptors (Lipinski definition) is 3. The Balaban J connectivity index is 2.39. The molecule has 0 amide bonds. The molecule has 0 aliphatic heterocycles. The van der Waals surface area contributed by atoms with Crippen molar-refractivity contribution in [1.29, 1.82) is 5.26 Å². The maximum Gasteiger partial charge on any atom is 0.0999 e. The summed E-state index contributed by atoms with van der Waals surface area (Å²) < 4.78 is 0. The second-order valence-electron chi connectivity index (χ2n) is 3.17. The van der Waals surface area contributed by atoms with Gasteiger partial charge in [-0.15, -0.1) is 0 Å². The third-order valence-electron chi connectivity index (χ3n) is 2.07. The van der Waals surface area contributed by atoms with Crippen LogP contribution in [0.3, 0.4) is 0 Å². The van der Waals surface area contributed by atoms with Gasteiger partial charge in [0.1, 0.15) is 0 Å². The molecule has 0 atom stereocenters. The maximum atomic E-state index is 9.07. The monoisotopic (exact) mass is 207 g/mol. The van der Waals surface area contributed by atoms with Crippen molar-refractivity contribution < 1.29 is 0 Å². The summed E-state index contributed by atoms with van der Waals surface area (Å²) in [6.45, 7) is 0. The Morgan fingerprint density at radius 3 is 2.75 bits per heavy atom. The largest absolute Gasteiger partial charge is 0.264 e. The number of nitrogens with zero attached hydrogens (tertiary/aromatic N) is 3. The minimum absolute atomic E-state index is 0.562. The minimum atomic E-state index is 0.562. The highest BCUT2D eigenvalue weighted by molar-refractivity contribution is 5.88. The summed E-state index contributed by atoms with van der Waals surface area (Å²) in [6, 6.07) is 11.4. The molecule has 0 saturated carbocycles. The van der Waals surface area contributed by atoms with Gasteiger partial charge in [0.15, 0.2) is 0 Å². The van der Waals surface area contributed by atoms with E-state index in [1.807, 2.05) is 24.3 Å². The van der Waals surface area contributed by atoms with Crippen molar-refractivity contribution in [1.82, 2.24) is 9.97 Å². The van der Waals surface area contributed by atoms with Gasteiger partial charge in [-0.3, -0.25) is 9.97 Å². The SMILES string of the molecule is N#CC(=Cc1ccccn1)c1cccnc1. The normalized spacial score (nSPS) is 10.8. The fourth-order valence-corrected chi connectivity index (χ4v) is 1.31. The van der Waals surface area contributed by atoms with Crippen LogP contribution in [0, 0.1) is 11.3 Å². The Kier molecular flexibility index (Phi) is 3.05. The van der Waals surface area contributed by atoms with Crippen molar-refractivity contribution in [3.8, 4) is 6.07 Å². The van der Waals surface area contributed by atoms with E-state index in [1.165, 1.54) is 0 Å². The van der Waals surface area contributed by atoms with Gasteiger partial charge in [-0.2, -0.15) is 5.26 Å². The molecule has 3 nitrogen and oxygen atoms in total. The van der Waals surface area contributed by atoms with Crippen LogP contribution in [0.5, 0.6) is 0 Å². The average Bonchev–Trinajstić information content (AvgIpc) is 2.38. The van der Waals surface area contributed by atoms with Crippen LogP contribution in [0.25, 0.3) is 11.6 Å². The van der Waals surface area contributed by atoms with Gasteiger partial charge in [0.2, 0.25) is 0 Å². The van der Waals surface area contributed by atoms with E-state index in [9.17, 15) is 0 Å². The average molecular weight is 207 g/mol. The first kappa shape index (κ1) is 10.1. The minimum Gasteiger partial charge on any atom is -0.264 e. The molecule has 0 saturated heterocycles. The van der Waals surface area contributed by atoms with Gasteiger partial charge < -0.3 is 0 Å². The third kappa shape index (κ3) is 2.31. The molecule has 0 N–H and O–H groups in total. The molecule has 76 valence electrons. The molecule has 0 unspecified atom stereocenters. The van der Waals surface area contributed by atoms with Gasteiger partial charge in [0.05, 0.1) is 17.3 Å². The van der Waals surface area contributed by atoms with Crippen LogP contribution in [0.1, 0.15) is 11.3 Å². The Hall–Kier alpha value is -2.47. The quantitative estimate of drug-likeness (QED) is 0.711. The summed E-state index contributed by atoms with van der Waals surface area (Å²) in [5.74, 6) is 0. The zero-order valence-corrected chi connectivity index (χ0v) is 8.54. The number of hydrogen-bond donors (Lipinski definition) is 0. The second kappa shape index (κ2) is 4.85. The first-order chi connectivity index (χ1) is 7.90. The maximum absolute atomic E-state index is 9.07. The molecular weight excluding hydrogens is 198 g/mol. The zero-order valence-electron chi connectivity index (χ0n) is 8.54. The Morgan fingerprint density at radius 1 is 1.19 bits per heavy atom. The fraction of sp³-hybridized carbons (Fsp3) is 0. The van der Waals surface area contributed by atoms with E-state index in [4.69, 9.17) is 5.26 Å². The summed E-state index contributed by atoms with van der Waals surface area (Å²) in [7, 11) is 0. The van der Waals surface area contributed by atoms with Crippen LogP contribution in [-0.4, -0.2) is 9.97 Å². The lowest BCUT2D eigenvalue weighted by atomic mass is 10.1. The highest BCUT2D eigenvalue weighted by Gasteiger charge is 2.00. The molecule has 0 radical (unpaired) electrons. The van der Waals surface area contributed by atoms with E-state index in [2.05, 4.69) is 16.0 Å². The molecule has 2 aromatic heterocycles. The van der Waals surface area contributed by atoms with Gasteiger partial charge >= 0.3 is 0 Å². The molecule has 0 bridgehead atoms. The van der Waals surface area contributed by atoms with E-state index in [0.29, 0.717) is 5.57 Å². The molecular formula is C13H9N3. The highest BCUT2D eigenvalue weighted by Crippen LogP contribution is 2.14. The molecule has 16 heavy (non-hydrogen) atoms. The molecule has 0 spiro atoms. The Bertz CT molecular complexity index is 524. The molecule has 2 heterocycles. The molecule has 0 aliphatic rings. The summed E-state index contributed by atoms with van der Waals surface area (Å²) in [5.41, 5.74) is 2.13. The molecule has 3 heteroatoms. The van der Waals surface area contributed by atoms with Crippen LogP contribution >= 0.6 is 0 Å². The lowest BCUT2D eigenvalue weighted by Gasteiger charge is -1.97. The number of aromatic nitrogens is 2. The predicted molar refractivity (Wildman–Crippen MR) is 62.0 cm³/mol. The van der Waals surface area contributed by atoms with Crippen molar-refractivity contribution >= 4 is 11.6 Å². The number of rotatable bonds is 2.